The van der Waals surface area contributed by atoms with Crippen molar-refractivity contribution < 1.29 is 18.0 Å². The van der Waals surface area contributed by atoms with Gasteiger partial charge < -0.3 is 4.42 Å². The zero-order chi connectivity index (χ0) is 14.3. The molecule has 3 aromatic rings. The Morgan fingerprint density at radius 2 is 1.80 bits per heavy atom. The summed E-state index contributed by atoms with van der Waals surface area (Å²) in [6.45, 7) is 0. The molecular formula is C15H7BrF2O2. The molecule has 0 amide bonds. The van der Waals surface area contributed by atoms with Crippen LogP contribution in [0.4, 0.5) is 8.78 Å². The van der Waals surface area contributed by atoms with Gasteiger partial charge in [-0.1, -0.05) is 15.9 Å². The first kappa shape index (κ1) is 13.0. The second-order valence-electron chi connectivity index (χ2n) is 4.28. The number of hydrogen-bond donors (Lipinski definition) is 0. The Hall–Kier alpha value is -2.01. The van der Waals surface area contributed by atoms with Gasteiger partial charge in [0, 0.05) is 15.4 Å². The molecule has 0 atom stereocenters. The Balaban J connectivity index is 2.07. The molecule has 0 aliphatic rings. The summed E-state index contributed by atoms with van der Waals surface area (Å²) in [7, 11) is 0. The van der Waals surface area contributed by atoms with Crippen molar-refractivity contribution in [3.05, 3.63) is 69.9 Å². The minimum Gasteiger partial charge on any atom is -0.453 e. The van der Waals surface area contributed by atoms with Crippen molar-refractivity contribution in [2.45, 2.75) is 0 Å². The van der Waals surface area contributed by atoms with Crippen LogP contribution < -0.4 is 0 Å². The van der Waals surface area contributed by atoms with E-state index in [9.17, 15) is 13.6 Å². The van der Waals surface area contributed by atoms with Crippen LogP contribution in [0.3, 0.4) is 0 Å². The largest absolute Gasteiger partial charge is 0.453 e. The molecule has 0 unspecified atom stereocenters. The van der Waals surface area contributed by atoms with Crippen molar-refractivity contribution in [1.82, 2.24) is 0 Å². The molecule has 0 radical (unpaired) electrons. The fraction of sp³-hybridized carbons (Fsp3) is 0. The Kier molecular flexibility index (Phi) is 3.14. The molecule has 1 aromatic heterocycles. The van der Waals surface area contributed by atoms with Gasteiger partial charge in [-0.25, -0.2) is 8.78 Å². The van der Waals surface area contributed by atoms with Crippen molar-refractivity contribution >= 4 is 32.7 Å². The average molecular weight is 337 g/mol. The lowest BCUT2D eigenvalue weighted by atomic mass is 10.1. The molecule has 2 nitrogen and oxygen atoms in total. The van der Waals surface area contributed by atoms with Crippen LogP contribution in [0.25, 0.3) is 11.0 Å². The van der Waals surface area contributed by atoms with E-state index in [-0.39, 0.29) is 11.3 Å². The number of benzene rings is 2. The minimum absolute atomic E-state index is 0.0445. The summed E-state index contributed by atoms with van der Waals surface area (Å²) in [5.74, 6) is -1.35. The number of rotatable bonds is 2. The van der Waals surface area contributed by atoms with Gasteiger partial charge in [-0.2, -0.15) is 0 Å². The molecule has 1 heterocycles. The summed E-state index contributed by atoms with van der Waals surface area (Å²) >= 11 is 3.13. The van der Waals surface area contributed by atoms with Gasteiger partial charge in [-0.15, -0.1) is 0 Å². The minimum atomic E-state index is -0.523. The molecule has 100 valence electrons. The smallest absolute Gasteiger partial charge is 0.228 e. The third-order valence-corrected chi connectivity index (χ3v) is 3.28. The van der Waals surface area contributed by atoms with Gasteiger partial charge in [-0.3, -0.25) is 4.79 Å². The zero-order valence-corrected chi connectivity index (χ0v) is 11.6. The number of carbonyl (C=O) groups is 1. The Bertz CT molecular complexity index is 804. The van der Waals surface area contributed by atoms with E-state index in [2.05, 4.69) is 15.9 Å². The predicted octanol–water partition coefficient (Wildman–Crippen LogP) is 4.70. The van der Waals surface area contributed by atoms with Crippen LogP contribution in [-0.4, -0.2) is 5.78 Å². The fourth-order valence-electron chi connectivity index (χ4n) is 1.95. The van der Waals surface area contributed by atoms with Crippen LogP contribution >= 0.6 is 15.9 Å². The van der Waals surface area contributed by atoms with Crippen molar-refractivity contribution in [1.29, 1.82) is 0 Å². The second kappa shape index (κ2) is 4.83. The van der Waals surface area contributed by atoms with Gasteiger partial charge in [-0.05, 0) is 42.5 Å². The molecule has 5 heteroatoms. The first-order valence-corrected chi connectivity index (χ1v) is 6.52. The van der Waals surface area contributed by atoms with Crippen molar-refractivity contribution in [2.75, 3.05) is 0 Å². The van der Waals surface area contributed by atoms with E-state index in [0.29, 0.717) is 15.4 Å². The monoisotopic (exact) mass is 336 g/mol. The summed E-state index contributed by atoms with van der Waals surface area (Å²) in [5.41, 5.74) is 0.571. The molecule has 0 saturated carbocycles. The van der Waals surface area contributed by atoms with Crippen LogP contribution in [-0.2, 0) is 0 Å². The maximum atomic E-state index is 13.3. The number of hydrogen-bond acceptors (Lipinski definition) is 2. The molecule has 3 rings (SSSR count). The molecule has 0 bridgehead atoms. The van der Waals surface area contributed by atoms with Gasteiger partial charge in [0.1, 0.15) is 17.2 Å². The highest BCUT2D eigenvalue weighted by Gasteiger charge is 2.16. The molecule has 0 N–H and O–H groups in total. The first-order chi connectivity index (χ1) is 9.52. The zero-order valence-electron chi connectivity index (χ0n) is 9.99. The van der Waals surface area contributed by atoms with E-state index in [1.807, 2.05) is 0 Å². The number of furan rings is 1. The van der Waals surface area contributed by atoms with E-state index >= 15 is 0 Å². The van der Waals surface area contributed by atoms with Crippen molar-refractivity contribution in [3.63, 3.8) is 0 Å². The third-order valence-electron chi connectivity index (χ3n) is 2.83. The van der Waals surface area contributed by atoms with E-state index in [4.69, 9.17) is 4.42 Å². The Labute approximate surface area is 121 Å². The van der Waals surface area contributed by atoms with Crippen LogP contribution in [0, 0.1) is 11.6 Å². The van der Waals surface area contributed by atoms with E-state index < -0.39 is 17.4 Å². The van der Waals surface area contributed by atoms with Gasteiger partial charge in [0.05, 0.1) is 0 Å². The maximum absolute atomic E-state index is 13.3. The molecule has 0 aliphatic carbocycles. The molecule has 20 heavy (non-hydrogen) atoms. The van der Waals surface area contributed by atoms with E-state index in [1.54, 1.807) is 0 Å². The predicted molar refractivity (Wildman–Crippen MR) is 73.7 cm³/mol. The molecule has 2 aromatic carbocycles. The Morgan fingerprint density at radius 3 is 2.55 bits per heavy atom. The molecule has 0 saturated heterocycles. The highest BCUT2D eigenvalue weighted by molar-refractivity contribution is 9.10. The molecular weight excluding hydrogens is 330 g/mol. The van der Waals surface area contributed by atoms with Gasteiger partial charge in [0.2, 0.25) is 5.78 Å². The number of halogens is 3. The molecule has 0 fully saturated rings. The van der Waals surface area contributed by atoms with Crippen LogP contribution in [0.2, 0.25) is 0 Å². The van der Waals surface area contributed by atoms with Crippen LogP contribution in [0.15, 0.2) is 51.4 Å². The highest BCUT2D eigenvalue weighted by atomic mass is 79.9. The first-order valence-electron chi connectivity index (χ1n) is 5.73. The Morgan fingerprint density at radius 1 is 1.00 bits per heavy atom. The van der Waals surface area contributed by atoms with Crippen molar-refractivity contribution in [2.24, 2.45) is 0 Å². The van der Waals surface area contributed by atoms with E-state index in [0.717, 1.165) is 6.07 Å². The van der Waals surface area contributed by atoms with Crippen LogP contribution in [0.5, 0.6) is 0 Å². The van der Waals surface area contributed by atoms with Gasteiger partial charge in [0.15, 0.2) is 5.76 Å². The average Bonchev–Trinajstić information content (AvgIpc) is 2.79. The topological polar surface area (TPSA) is 30.2 Å². The summed E-state index contributed by atoms with van der Waals surface area (Å²) in [6.07, 6.45) is 0. The molecule has 0 spiro atoms. The normalized spacial score (nSPS) is 10.9. The maximum Gasteiger partial charge on any atom is 0.228 e. The number of carbonyl (C=O) groups excluding carboxylic acids is 1. The standard InChI is InChI=1S/C15H7BrF2O2/c16-10-3-9(5-12(18)7-10)15(19)14-6-8-4-11(17)1-2-13(8)20-14/h1-7H. The third kappa shape index (κ3) is 2.36. The summed E-state index contributed by atoms with van der Waals surface area (Å²) in [4.78, 5) is 12.2. The lowest BCUT2D eigenvalue weighted by molar-refractivity contribution is 0.101. The highest BCUT2D eigenvalue weighted by Crippen LogP contribution is 2.24. The molecule has 0 aliphatic heterocycles. The second-order valence-corrected chi connectivity index (χ2v) is 5.20. The van der Waals surface area contributed by atoms with Gasteiger partial charge >= 0.3 is 0 Å². The summed E-state index contributed by atoms with van der Waals surface area (Å²) in [6, 6.07) is 9.29. The summed E-state index contributed by atoms with van der Waals surface area (Å²) < 4.78 is 32.2. The SMILES string of the molecule is O=C(c1cc(F)cc(Br)c1)c1cc2cc(F)ccc2o1. The lowest BCUT2D eigenvalue weighted by Crippen LogP contribution is -2.00. The van der Waals surface area contributed by atoms with Crippen molar-refractivity contribution in [3.8, 4) is 0 Å². The lowest BCUT2D eigenvalue weighted by Gasteiger charge is -1.99. The van der Waals surface area contributed by atoms with Crippen LogP contribution in [0.1, 0.15) is 16.1 Å². The number of ketones is 1. The van der Waals surface area contributed by atoms with Gasteiger partial charge in [0.25, 0.3) is 0 Å². The number of fused-ring (bicyclic) bond motifs is 1. The summed E-state index contributed by atoms with van der Waals surface area (Å²) in [5, 5.41) is 0.490. The van der Waals surface area contributed by atoms with E-state index in [1.165, 1.54) is 36.4 Å². The quantitative estimate of drug-likeness (QED) is 0.634. The fourth-order valence-corrected chi connectivity index (χ4v) is 2.42.